The Labute approximate surface area is 103 Å². The van der Waals surface area contributed by atoms with Crippen LogP contribution in [-0.2, 0) is 0 Å². The van der Waals surface area contributed by atoms with Crippen molar-refractivity contribution in [1.82, 2.24) is 4.37 Å². The summed E-state index contributed by atoms with van der Waals surface area (Å²) in [4.78, 5) is 2.07. The first-order valence-corrected chi connectivity index (χ1v) is 6.01. The topological polar surface area (TPSA) is 74.7 Å². The minimum atomic E-state index is 0.241. The summed E-state index contributed by atoms with van der Waals surface area (Å²) >= 11 is 1.46. The molecule has 5 nitrogen and oxygen atoms in total. The van der Waals surface area contributed by atoms with Crippen molar-refractivity contribution in [3.63, 3.8) is 0 Å². The number of oxime groups is 1. The molecule has 0 unspecified atom stereocenters. The molecule has 0 fully saturated rings. The van der Waals surface area contributed by atoms with Crippen LogP contribution in [0, 0.1) is 0 Å². The first-order chi connectivity index (χ1) is 8.22. The largest absolute Gasteiger partial charge is 0.409 e. The van der Waals surface area contributed by atoms with Crippen LogP contribution in [0.4, 0.5) is 5.00 Å². The lowest BCUT2D eigenvalue weighted by Gasteiger charge is -2.16. The maximum atomic E-state index is 8.48. The average Bonchev–Trinajstić information content (AvgIpc) is 2.79. The second-order valence-corrected chi connectivity index (χ2v) is 4.52. The zero-order valence-electron chi connectivity index (χ0n) is 9.50. The third kappa shape index (κ3) is 2.47. The fourth-order valence-corrected chi connectivity index (χ4v) is 2.43. The van der Waals surface area contributed by atoms with Crippen LogP contribution in [0.25, 0.3) is 10.9 Å². The number of hydrogen-bond donors (Lipinski definition) is 2. The summed E-state index contributed by atoms with van der Waals surface area (Å²) in [7, 11) is 1.98. The Morgan fingerprint density at radius 1 is 1.53 bits per heavy atom. The molecule has 0 atom stereocenters. The minimum Gasteiger partial charge on any atom is -0.409 e. The summed E-state index contributed by atoms with van der Waals surface area (Å²) in [6, 6.07) is 8.01. The molecule has 3 N–H and O–H groups in total. The van der Waals surface area contributed by atoms with Crippen LogP contribution < -0.4 is 10.6 Å². The standard InChI is InChI=1S/C11H14N4OS/c1-15(7-6-10(12)13-16)11-8-4-2-3-5-9(8)14-17-11/h2-5,16H,6-7H2,1H3,(H2,12,13). The van der Waals surface area contributed by atoms with Crippen molar-refractivity contribution in [3.8, 4) is 0 Å². The van der Waals surface area contributed by atoms with Crippen molar-refractivity contribution in [2.24, 2.45) is 10.9 Å². The minimum absolute atomic E-state index is 0.241. The number of nitrogens with two attached hydrogens (primary N) is 1. The molecule has 0 spiro atoms. The number of nitrogens with zero attached hydrogens (tertiary/aromatic N) is 3. The van der Waals surface area contributed by atoms with E-state index in [1.165, 1.54) is 11.5 Å². The summed E-state index contributed by atoms with van der Waals surface area (Å²) in [5.74, 6) is 0.241. The first kappa shape index (κ1) is 11.7. The van der Waals surface area contributed by atoms with Gasteiger partial charge in [0.2, 0.25) is 0 Å². The monoisotopic (exact) mass is 250 g/mol. The maximum absolute atomic E-state index is 8.48. The zero-order valence-corrected chi connectivity index (χ0v) is 10.3. The van der Waals surface area contributed by atoms with Crippen LogP contribution in [0.5, 0.6) is 0 Å². The van der Waals surface area contributed by atoms with Gasteiger partial charge < -0.3 is 15.8 Å². The SMILES string of the molecule is CN(CCC(N)=NO)c1snc2ccccc12. The van der Waals surface area contributed by atoms with Gasteiger partial charge in [-0.1, -0.05) is 17.3 Å². The van der Waals surface area contributed by atoms with Crippen LogP contribution in [0.1, 0.15) is 6.42 Å². The predicted molar refractivity (Wildman–Crippen MR) is 70.9 cm³/mol. The van der Waals surface area contributed by atoms with Crippen LogP contribution in [0.15, 0.2) is 29.4 Å². The van der Waals surface area contributed by atoms with E-state index < -0.39 is 0 Å². The van der Waals surface area contributed by atoms with E-state index in [9.17, 15) is 0 Å². The smallest absolute Gasteiger partial charge is 0.140 e. The number of benzene rings is 1. The molecule has 0 bridgehead atoms. The first-order valence-electron chi connectivity index (χ1n) is 5.24. The molecule has 6 heteroatoms. The highest BCUT2D eigenvalue weighted by Crippen LogP contribution is 2.30. The number of rotatable bonds is 4. The van der Waals surface area contributed by atoms with Crippen molar-refractivity contribution in [1.29, 1.82) is 0 Å². The number of amidine groups is 1. The van der Waals surface area contributed by atoms with Crippen LogP contribution >= 0.6 is 11.5 Å². The fraction of sp³-hybridized carbons (Fsp3) is 0.273. The highest BCUT2D eigenvalue weighted by atomic mass is 32.1. The Kier molecular flexibility index (Phi) is 3.43. The quantitative estimate of drug-likeness (QED) is 0.376. The zero-order chi connectivity index (χ0) is 12.3. The lowest BCUT2D eigenvalue weighted by molar-refractivity contribution is 0.317. The van der Waals surface area contributed by atoms with Crippen LogP contribution in [-0.4, -0.2) is 29.0 Å². The van der Waals surface area contributed by atoms with E-state index >= 15 is 0 Å². The van der Waals surface area contributed by atoms with Crippen LogP contribution in [0.2, 0.25) is 0 Å². The second-order valence-electron chi connectivity index (χ2n) is 3.77. The van der Waals surface area contributed by atoms with Gasteiger partial charge in [-0.15, -0.1) is 0 Å². The molecule has 1 aromatic carbocycles. The lowest BCUT2D eigenvalue weighted by Crippen LogP contribution is -2.23. The summed E-state index contributed by atoms with van der Waals surface area (Å²) < 4.78 is 4.38. The number of aromatic nitrogens is 1. The van der Waals surface area contributed by atoms with E-state index in [-0.39, 0.29) is 5.84 Å². The van der Waals surface area contributed by atoms with Crippen LogP contribution in [0.3, 0.4) is 0 Å². The molecule has 2 rings (SSSR count). The third-order valence-electron chi connectivity index (χ3n) is 2.54. The number of fused-ring (bicyclic) bond motifs is 1. The highest BCUT2D eigenvalue weighted by Gasteiger charge is 2.10. The molecule has 0 aliphatic rings. The molecular weight excluding hydrogens is 236 g/mol. The summed E-state index contributed by atoms with van der Waals surface area (Å²) in [6.07, 6.45) is 0.527. The predicted octanol–water partition coefficient (Wildman–Crippen LogP) is 1.87. The van der Waals surface area contributed by atoms with Gasteiger partial charge in [0.15, 0.2) is 0 Å². The van der Waals surface area contributed by atoms with Gasteiger partial charge in [-0.05, 0) is 23.7 Å². The summed E-state index contributed by atoms with van der Waals surface area (Å²) in [6.45, 7) is 0.697. The summed E-state index contributed by atoms with van der Waals surface area (Å²) in [5, 5.41) is 13.7. The molecule has 0 aliphatic carbocycles. The second kappa shape index (κ2) is 5.01. The molecule has 90 valence electrons. The molecule has 2 aromatic rings. The normalized spacial score (nSPS) is 11.9. The summed E-state index contributed by atoms with van der Waals surface area (Å²) in [5.41, 5.74) is 6.45. The molecule has 0 amide bonds. The Morgan fingerprint density at radius 2 is 2.29 bits per heavy atom. The molecule has 0 aliphatic heterocycles. The molecule has 17 heavy (non-hydrogen) atoms. The van der Waals surface area contributed by atoms with E-state index in [0.29, 0.717) is 13.0 Å². The molecule has 0 radical (unpaired) electrons. The Balaban J connectivity index is 2.16. The molecule has 1 heterocycles. The number of anilines is 1. The van der Waals surface area contributed by atoms with E-state index in [2.05, 4.69) is 14.4 Å². The van der Waals surface area contributed by atoms with Gasteiger partial charge in [-0.3, -0.25) is 0 Å². The van der Waals surface area contributed by atoms with E-state index in [1.807, 2.05) is 31.3 Å². The average molecular weight is 250 g/mol. The van der Waals surface area contributed by atoms with Gasteiger partial charge in [0.1, 0.15) is 10.8 Å². The highest BCUT2D eigenvalue weighted by molar-refractivity contribution is 7.11. The van der Waals surface area contributed by atoms with Gasteiger partial charge in [-0.25, -0.2) is 0 Å². The number of hydrogen-bond acceptors (Lipinski definition) is 5. The Morgan fingerprint density at radius 3 is 3.06 bits per heavy atom. The van der Waals surface area contributed by atoms with Gasteiger partial charge in [0.05, 0.1) is 5.52 Å². The van der Waals surface area contributed by atoms with Crippen molar-refractivity contribution >= 4 is 33.3 Å². The van der Waals surface area contributed by atoms with Gasteiger partial charge >= 0.3 is 0 Å². The fourth-order valence-electron chi connectivity index (χ4n) is 1.58. The van der Waals surface area contributed by atoms with Crippen molar-refractivity contribution in [2.45, 2.75) is 6.42 Å². The van der Waals surface area contributed by atoms with E-state index in [1.54, 1.807) is 0 Å². The van der Waals surface area contributed by atoms with Crippen molar-refractivity contribution < 1.29 is 5.21 Å². The molecule has 0 saturated carbocycles. The maximum Gasteiger partial charge on any atom is 0.140 e. The molecular formula is C11H14N4OS. The van der Waals surface area contributed by atoms with Crippen molar-refractivity contribution in [3.05, 3.63) is 24.3 Å². The molecule has 0 saturated heterocycles. The van der Waals surface area contributed by atoms with E-state index in [4.69, 9.17) is 10.9 Å². The van der Waals surface area contributed by atoms with Gasteiger partial charge in [0.25, 0.3) is 0 Å². The van der Waals surface area contributed by atoms with E-state index in [0.717, 1.165) is 15.9 Å². The van der Waals surface area contributed by atoms with Gasteiger partial charge in [0, 0.05) is 25.4 Å². The molecule has 1 aromatic heterocycles. The Bertz CT molecular complexity index is 537. The Hall–Kier alpha value is -1.82. The lowest BCUT2D eigenvalue weighted by atomic mass is 10.2. The third-order valence-corrected chi connectivity index (χ3v) is 3.54. The van der Waals surface area contributed by atoms with Crippen molar-refractivity contribution in [2.75, 3.05) is 18.5 Å². The van der Waals surface area contributed by atoms with Gasteiger partial charge in [-0.2, -0.15) is 4.37 Å².